The number of nitrogens with one attached hydrogen (secondary N) is 1. The molecule has 0 amide bonds. The van der Waals surface area contributed by atoms with E-state index in [4.69, 9.17) is 15.2 Å². The molecule has 1 aromatic rings. The molecule has 0 atom stereocenters. The number of benzene rings is 1. The van der Waals surface area contributed by atoms with Crippen LogP contribution in [0, 0.1) is 12.8 Å². The fourth-order valence-corrected chi connectivity index (χ4v) is 1.85. The van der Waals surface area contributed by atoms with Gasteiger partial charge in [0.1, 0.15) is 5.75 Å². The first-order chi connectivity index (χ1) is 10.5. The van der Waals surface area contributed by atoms with E-state index < -0.39 is 0 Å². The molecule has 0 unspecified atom stereocenters. The van der Waals surface area contributed by atoms with Gasteiger partial charge in [-0.05, 0) is 24.5 Å². The number of aliphatic imine (C=N–C) groups is 1. The molecule has 0 heterocycles. The highest BCUT2D eigenvalue weighted by Gasteiger charge is 2.04. The average molecular weight is 307 g/mol. The zero-order valence-corrected chi connectivity index (χ0v) is 14.2. The summed E-state index contributed by atoms with van der Waals surface area (Å²) >= 11 is 0. The second-order valence-electron chi connectivity index (χ2n) is 5.78. The van der Waals surface area contributed by atoms with Crippen LogP contribution >= 0.6 is 0 Å². The third-order valence-corrected chi connectivity index (χ3v) is 3.08. The fraction of sp³-hybridized carbons (Fsp3) is 0.588. The maximum absolute atomic E-state index is 5.87. The van der Waals surface area contributed by atoms with Crippen LogP contribution in [0.25, 0.3) is 0 Å². The molecular weight excluding hydrogens is 278 g/mol. The molecule has 0 saturated carbocycles. The third-order valence-electron chi connectivity index (χ3n) is 3.08. The molecule has 0 aliphatic rings. The minimum atomic E-state index is 0.472. The van der Waals surface area contributed by atoms with Crippen molar-refractivity contribution in [2.24, 2.45) is 16.6 Å². The quantitative estimate of drug-likeness (QED) is 0.418. The summed E-state index contributed by atoms with van der Waals surface area (Å²) in [5.41, 5.74) is 8.08. The lowest BCUT2D eigenvalue weighted by molar-refractivity contribution is 0.172. The Kier molecular flexibility index (Phi) is 8.36. The summed E-state index contributed by atoms with van der Waals surface area (Å²) in [4.78, 5) is 4.38. The van der Waals surface area contributed by atoms with E-state index in [-0.39, 0.29) is 0 Å². The molecule has 3 N–H and O–H groups in total. The molecule has 1 rings (SSSR count). The van der Waals surface area contributed by atoms with Crippen molar-refractivity contribution < 1.29 is 9.47 Å². The van der Waals surface area contributed by atoms with Crippen molar-refractivity contribution in [1.82, 2.24) is 5.32 Å². The highest BCUT2D eigenvalue weighted by molar-refractivity contribution is 5.77. The van der Waals surface area contributed by atoms with E-state index in [0.717, 1.165) is 24.3 Å². The van der Waals surface area contributed by atoms with Crippen LogP contribution in [-0.2, 0) is 11.3 Å². The predicted octanol–water partition coefficient (Wildman–Crippen LogP) is 2.47. The summed E-state index contributed by atoms with van der Waals surface area (Å²) in [5, 5.41) is 3.11. The Labute approximate surface area is 133 Å². The number of nitrogens with two attached hydrogens (primary N) is 1. The van der Waals surface area contributed by atoms with Crippen molar-refractivity contribution in [1.29, 1.82) is 0 Å². The summed E-state index contributed by atoms with van der Waals surface area (Å²) in [5.74, 6) is 1.88. The van der Waals surface area contributed by atoms with Gasteiger partial charge in [-0.1, -0.05) is 26.0 Å². The van der Waals surface area contributed by atoms with Crippen LogP contribution in [0.15, 0.2) is 23.2 Å². The van der Waals surface area contributed by atoms with E-state index in [1.165, 1.54) is 5.56 Å². The number of nitrogens with zero attached hydrogens (tertiary/aromatic N) is 1. The van der Waals surface area contributed by atoms with Crippen molar-refractivity contribution in [2.45, 2.75) is 33.7 Å². The third kappa shape index (κ3) is 7.31. The number of hydrogen-bond donors (Lipinski definition) is 2. The van der Waals surface area contributed by atoms with Gasteiger partial charge in [-0.2, -0.15) is 0 Å². The Bertz CT molecular complexity index is 473. The Balaban J connectivity index is 2.62. The van der Waals surface area contributed by atoms with Gasteiger partial charge in [-0.25, -0.2) is 4.99 Å². The molecule has 5 nitrogen and oxygen atoms in total. The molecule has 0 bridgehead atoms. The molecule has 0 aromatic heterocycles. The molecule has 0 spiro atoms. The minimum Gasteiger partial charge on any atom is -0.493 e. The van der Waals surface area contributed by atoms with E-state index in [0.29, 0.717) is 31.6 Å². The summed E-state index contributed by atoms with van der Waals surface area (Å²) < 4.78 is 10.9. The first kappa shape index (κ1) is 18.3. The topological polar surface area (TPSA) is 68.9 Å². The van der Waals surface area contributed by atoms with Crippen LogP contribution in [0.4, 0.5) is 0 Å². The van der Waals surface area contributed by atoms with Crippen LogP contribution in [0.1, 0.15) is 31.4 Å². The molecule has 0 fully saturated rings. The number of ether oxygens (including phenoxy) is 2. The fourth-order valence-electron chi connectivity index (χ4n) is 1.85. The highest BCUT2D eigenvalue weighted by atomic mass is 16.5. The standard InChI is InChI=1S/C17H29N3O2/c1-13(2)11-19-17(18)20-12-15-7-6-14(3)10-16(15)22-9-5-8-21-4/h6-7,10,13H,5,8-9,11-12H2,1-4H3,(H3,18,19,20). The average Bonchev–Trinajstić information content (AvgIpc) is 2.48. The Morgan fingerprint density at radius 1 is 1.32 bits per heavy atom. The van der Waals surface area contributed by atoms with Gasteiger partial charge in [-0.3, -0.25) is 0 Å². The van der Waals surface area contributed by atoms with Gasteiger partial charge in [0.05, 0.1) is 13.2 Å². The van der Waals surface area contributed by atoms with Gasteiger partial charge in [0.15, 0.2) is 5.96 Å². The van der Waals surface area contributed by atoms with Gasteiger partial charge in [-0.15, -0.1) is 0 Å². The van der Waals surface area contributed by atoms with Crippen LogP contribution in [-0.4, -0.2) is 32.8 Å². The molecule has 0 radical (unpaired) electrons. The molecule has 0 aliphatic carbocycles. The summed E-state index contributed by atoms with van der Waals surface area (Å²) in [6.07, 6.45) is 0.866. The van der Waals surface area contributed by atoms with Crippen LogP contribution in [0.2, 0.25) is 0 Å². The first-order valence-electron chi connectivity index (χ1n) is 7.78. The lowest BCUT2D eigenvalue weighted by atomic mass is 10.1. The second-order valence-corrected chi connectivity index (χ2v) is 5.78. The number of methoxy groups -OCH3 is 1. The van der Waals surface area contributed by atoms with Gasteiger partial charge in [0, 0.05) is 32.2 Å². The zero-order chi connectivity index (χ0) is 16.4. The minimum absolute atomic E-state index is 0.472. The molecule has 124 valence electrons. The molecule has 22 heavy (non-hydrogen) atoms. The van der Waals surface area contributed by atoms with Crippen LogP contribution < -0.4 is 15.8 Å². The van der Waals surface area contributed by atoms with E-state index >= 15 is 0 Å². The molecule has 0 aliphatic heterocycles. The Hall–Kier alpha value is -1.75. The van der Waals surface area contributed by atoms with Gasteiger partial charge in [0.2, 0.25) is 0 Å². The normalized spacial score (nSPS) is 11.8. The van der Waals surface area contributed by atoms with Crippen molar-refractivity contribution in [3.05, 3.63) is 29.3 Å². The molecular formula is C17H29N3O2. The van der Waals surface area contributed by atoms with E-state index in [9.17, 15) is 0 Å². The van der Waals surface area contributed by atoms with Crippen LogP contribution in [0.3, 0.4) is 0 Å². The lowest BCUT2D eigenvalue weighted by Crippen LogP contribution is -2.34. The maximum atomic E-state index is 5.87. The van der Waals surface area contributed by atoms with Crippen molar-refractivity contribution >= 4 is 5.96 Å². The second kappa shape index (κ2) is 10.1. The number of hydrogen-bond acceptors (Lipinski definition) is 3. The molecule has 5 heteroatoms. The van der Waals surface area contributed by atoms with Crippen molar-refractivity contribution in [2.75, 3.05) is 26.9 Å². The van der Waals surface area contributed by atoms with Gasteiger partial charge in [0.25, 0.3) is 0 Å². The lowest BCUT2D eigenvalue weighted by Gasteiger charge is -2.12. The molecule has 0 saturated heterocycles. The maximum Gasteiger partial charge on any atom is 0.188 e. The summed E-state index contributed by atoms with van der Waals surface area (Å²) in [6.45, 7) is 8.98. The number of rotatable bonds is 9. The Morgan fingerprint density at radius 3 is 2.77 bits per heavy atom. The van der Waals surface area contributed by atoms with Gasteiger partial charge >= 0.3 is 0 Å². The van der Waals surface area contributed by atoms with E-state index in [2.05, 4.69) is 30.2 Å². The highest BCUT2D eigenvalue weighted by Crippen LogP contribution is 2.21. The predicted molar refractivity (Wildman–Crippen MR) is 91.3 cm³/mol. The summed E-state index contributed by atoms with van der Waals surface area (Å²) in [6, 6.07) is 6.14. The monoisotopic (exact) mass is 307 g/mol. The SMILES string of the molecule is COCCCOc1cc(C)ccc1CN=C(N)NCC(C)C. The van der Waals surface area contributed by atoms with Crippen molar-refractivity contribution in [3.63, 3.8) is 0 Å². The van der Waals surface area contributed by atoms with Crippen molar-refractivity contribution in [3.8, 4) is 5.75 Å². The number of aryl methyl sites for hydroxylation is 1. The zero-order valence-electron chi connectivity index (χ0n) is 14.2. The first-order valence-corrected chi connectivity index (χ1v) is 7.78. The van der Waals surface area contributed by atoms with E-state index in [1.807, 2.05) is 19.1 Å². The largest absolute Gasteiger partial charge is 0.493 e. The smallest absolute Gasteiger partial charge is 0.188 e. The van der Waals surface area contributed by atoms with E-state index in [1.54, 1.807) is 7.11 Å². The number of guanidine groups is 1. The molecule has 1 aromatic carbocycles. The Morgan fingerprint density at radius 2 is 2.09 bits per heavy atom. The van der Waals surface area contributed by atoms with Gasteiger partial charge < -0.3 is 20.5 Å². The van der Waals surface area contributed by atoms with Crippen LogP contribution in [0.5, 0.6) is 5.75 Å². The summed E-state index contributed by atoms with van der Waals surface area (Å²) in [7, 11) is 1.69.